The first kappa shape index (κ1) is 15.8. The van der Waals surface area contributed by atoms with E-state index in [1.165, 1.54) is 0 Å². The number of nitrogens with two attached hydrogens (primary N) is 1. The van der Waals surface area contributed by atoms with E-state index in [1.807, 2.05) is 6.07 Å². The predicted octanol–water partition coefficient (Wildman–Crippen LogP) is 3.99. The smallest absolute Gasteiger partial charge is 0.252 e. The van der Waals surface area contributed by atoms with E-state index in [1.54, 1.807) is 6.07 Å². The van der Waals surface area contributed by atoms with Gasteiger partial charge in [0.15, 0.2) is 0 Å². The maximum atomic E-state index is 11.7. The topological polar surface area (TPSA) is 55.1 Å². The van der Waals surface area contributed by atoms with Crippen molar-refractivity contribution in [1.29, 1.82) is 0 Å². The summed E-state index contributed by atoms with van der Waals surface area (Å²) in [6.45, 7) is 8.39. The normalized spacial score (nSPS) is 11.4. The van der Waals surface area contributed by atoms with Gasteiger partial charge in [-0.15, -0.1) is 0 Å². The van der Waals surface area contributed by atoms with Crippen molar-refractivity contribution < 1.29 is 4.79 Å². The Morgan fingerprint density at radius 1 is 1.37 bits per heavy atom. The van der Waals surface area contributed by atoms with E-state index in [2.05, 4.69) is 33.0 Å². The number of amides is 1. The molecule has 0 spiro atoms. The number of nitrogens with one attached hydrogen (secondary N) is 1. The monoisotopic (exact) mass is 282 g/mol. The van der Waals surface area contributed by atoms with Gasteiger partial charge in [0.25, 0.3) is 5.91 Å². The Morgan fingerprint density at radius 2 is 2.00 bits per heavy atom. The molecule has 0 atom stereocenters. The average molecular weight is 283 g/mol. The minimum Gasteiger partial charge on any atom is -0.379 e. The van der Waals surface area contributed by atoms with Gasteiger partial charge in [0.1, 0.15) is 0 Å². The van der Waals surface area contributed by atoms with E-state index in [-0.39, 0.29) is 5.54 Å². The van der Waals surface area contributed by atoms with E-state index in [9.17, 15) is 4.79 Å². The Bertz CT molecular complexity index is 469. The zero-order valence-electron chi connectivity index (χ0n) is 12.1. The number of benzene rings is 1. The Morgan fingerprint density at radius 3 is 2.47 bits per heavy atom. The fourth-order valence-corrected chi connectivity index (χ4v) is 2.16. The van der Waals surface area contributed by atoms with Gasteiger partial charge >= 0.3 is 0 Å². The standard InChI is InChI=1S/C15H23ClN2O/c1-5-7-10-8-9-11(16)12(14(17)19)13(10)18-15(3,4)6-2/h8-9,18H,5-7H2,1-4H3,(H2,17,19). The van der Waals surface area contributed by atoms with Crippen molar-refractivity contribution in [2.45, 2.75) is 52.5 Å². The third kappa shape index (κ3) is 3.87. The second-order valence-electron chi connectivity index (χ2n) is 5.43. The van der Waals surface area contributed by atoms with Crippen molar-refractivity contribution in [1.82, 2.24) is 0 Å². The predicted molar refractivity (Wildman–Crippen MR) is 82.0 cm³/mol. The van der Waals surface area contributed by atoms with Crippen molar-refractivity contribution >= 4 is 23.2 Å². The van der Waals surface area contributed by atoms with Crippen LogP contribution in [-0.4, -0.2) is 11.4 Å². The molecule has 1 aromatic carbocycles. The lowest BCUT2D eigenvalue weighted by Gasteiger charge is -2.29. The number of carbonyl (C=O) groups excluding carboxylic acids is 1. The summed E-state index contributed by atoms with van der Waals surface area (Å²) in [5, 5.41) is 3.83. The highest BCUT2D eigenvalue weighted by Crippen LogP contribution is 2.32. The third-order valence-corrected chi connectivity index (χ3v) is 3.67. The molecule has 106 valence electrons. The van der Waals surface area contributed by atoms with Gasteiger partial charge in [-0.2, -0.15) is 0 Å². The zero-order chi connectivity index (χ0) is 14.6. The lowest BCUT2D eigenvalue weighted by Crippen LogP contribution is -2.32. The van der Waals surface area contributed by atoms with Crippen LogP contribution < -0.4 is 11.1 Å². The van der Waals surface area contributed by atoms with Crippen LogP contribution in [0.3, 0.4) is 0 Å². The molecule has 0 aliphatic carbocycles. The summed E-state index contributed by atoms with van der Waals surface area (Å²) in [6, 6.07) is 3.71. The van der Waals surface area contributed by atoms with Gasteiger partial charge in [-0.05, 0) is 38.3 Å². The highest BCUT2D eigenvalue weighted by Gasteiger charge is 2.22. The van der Waals surface area contributed by atoms with Crippen LogP contribution in [0.25, 0.3) is 0 Å². The molecule has 0 heterocycles. The van der Waals surface area contributed by atoms with Crippen LogP contribution in [0.1, 0.15) is 56.5 Å². The first-order chi connectivity index (χ1) is 8.82. The molecule has 0 unspecified atom stereocenters. The third-order valence-electron chi connectivity index (χ3n) is 3.35. The van der Waals surface area contributed by atoms with Gasteiger partial charge in [0.2, 0.25) is 0 Å². The number of aryl methyl sites for hydroxylation is 1. The molecule has 1 aromatic rings. The summed E-state index contributed by atoms with van der Waals surface area (Å²) < 4.78 is 0. The average Bonchev–Trinajstić information content (AvgIpc) is 2.32. The van der Waals surface area contributed by atoms with E-state index in [0.717, 1.165) is 30.5 Å². The van der Waals surface area contributed by atoms with Crippen molar-refractivity contribution in [3.05, 3.63) is 28.3 Å². The molecule has 0 fully saturated rings. The number of hydrogen-bond donors (Lipinski definition) is 2. The van der Waals surface area contributed by atoms with E-state index >= 15 is 0 Å². The quantitative estimate of drug-likeness (QED) is 0.829. The van der Waals surface area contributed by atoms with Gasteiger partial charge in [-0.25, -0.2) is 0 Å². The lowest BCUT2D eigenvalue weighted by atomic mass is 9.97. The van der Waals surface area contributed by atoms with Crippen molar-refractivity contribution in [3.8, 4) is 0 Å². The molecule has 0 radical (unpaired) electrons. The molecule has 4 heteroatoms. The molecular formula is C15H23ClN2O. The first-order valence-electron chi connectivity index (χ1n) is 6.71. The summed E-state index contributed by atoms with van der Waals surface area (Å²) in [4.78, 5) is 11.7. The fraction of sp³-hybridized carbons (Fsp3) is 0.533. The largest absolute Gasteiger partial charge is 0.379 e. The molecule has 19 heavy (non-hydrogen) atoms. The molecule has 3 nitrogen and oxygen atoms in total. The summed E-state index contributed by atoms with van der Waals surface area (Å²) in [7, 11) is 0. The molecule has 0 aliphatic rings. The van der Waals surface area contributed by atoms with Gasteiger partial charge < -0.3 is 11.1 Å². The van der Waals surface area contributed by atoms with Crippen molar-refractivity contribution in [2.75, 3.05) is 5.32 Å². The number of primary amides is 1. The number of anilines is 1. The van der Waals surface area contributed by atoms with Crippen LogP contribution in [0.15, 0.2) is 12.1 Å². The Kier molecular flexibility index (Phi) is 5.24. The second-order valence-corrected chi connectivity index (χ2v) is 5.84. The van der Waals surface area contributed by atoms with Crippen LogP contribution in [0, 0.1) is 0 Å². The maximum absolute atomic E-state index is 11.7. The highest BCUT2D eigenvalue weighted by molar-refractivity contribution is 6.34. The fourth-order valence-electron chi connectivity index (χ4n) is 1.91. The molecule has 0 saturated heterocycles. The molecule has 1 rings (SSSR count). The minimum atomic E-state index is -0.489. The number of hydrogen-bond acceptors (Lipinski definition) is 2. The first-order valence-corrected chi connectivity index (χ1v) is 7.09. The number of rotatable bonds is 6. The van der Waals surface area contributed by atoms with E-state index < -0.39 is 5.91 Å². The van der Waals surface area contributed by atoms with Crippen LogP contribution in [-0.2, 0) is 6.42 Å². The zero-order valence-corrected chi connectivity index (χ0v) is 12.9. The van der Waals surface area contributed by atoms with Gasteiger partial charge in [-0.3, -0.25) is 4.79 Å². The summed E-state index contributed by atoms with van der Waals surface area (Å²) in [5.74, 6) is -0.489. The minimum absolute atomic E-state index is 0.114. The molecule has 1 amide bonds. The van der Waals surface area contributed by atoms with Crippen LogP contribution in [0.5, 0.6) is 0 Å². The van der Waals surface area contributed by atoms with E-state index in [0.29, 0.717) is 10.6 Å². The molecule has 0 aliphatic heterocycles. The number of halogens is 1. The molecule has 0 bridgehead atoms. The van der Waals surface area contributed by atoms with Crippen molar-refractivity contribution in [3.63, 3.8) is 0 Å². The Labute approximate surface area is 120 Å². The Hall–Kier alpha value is -1.22. The van der Waals surface area contributed by atoms with Gasteiger partial charge in [-0.1, -0.05) is 37.9 Å². The second kappa shape index (κ2) is 6.29. The molecule has 3 N–H and O–H groups in total. The van der Waals surface area contributed by atoms with Crippen LogP contribution >= 0.6 is 11.6 Å². The summed E-state index contributed by atoms with van der Waals surface area (Å²) in [5.41, 5.74) is 7.63. The van der Waals surface area contributed by atoms with Gasteiger partial charge in [0.05, 0.1) is 16.3 Å². The summed E-state index contributed by atoms with van der Waals surface area (Å²) >= 11 is 6.13. The maximum Gasteiger partial charge on any atom is 0.252 e. The lowest BCUT2D eigenvalue weighted by molar-refractivity contribution is 0.100. The SMILES string of the molecule is CCCc1ccc(Cl)c(C(N)=O)c1NC(C)(C)CC. The molecular weight excluding hydrogens is 260 g/mol. The summed E-state index contributed by atoms with van der Waals surface area (Å²) in [6.07, 6.45) is 2.82. The van der Waals surface area contributed by atoms with Crippen molar-refractivity contribution in [2.24, 2.45) is 5.73 Å². The van der Waals surface area contributed by atoms with E-state index in [4.69, 9.17) is 17.3 Å². The van der Waals surface area contributed by atoms with Crippen LogP contribution in [0.4, 0.5) is 5.69 Å². The molecule has 0 aromatic heterocycles. The number of carbonyl (C=O) groups is 1. The highest BCUT2D eigenvalue weighted by atomic mass is 35.5. The molecule has 0 saturated carbocycles. The Balaban J connectivity index is 3.37. The van der Waals surface area contributed by atoms with Gasteiger partial charge in [0, 0.05) is 5.54 Å². The van der Waals surface area contributed by atoms with Crippen LogP contribution in [0.2, 0.25) is 5.02 Å².